The van der Waals surface area contributed by atoms with Gasteiger partial charge in [0.15, 0.2) is 0 Å². The third kappa shape index (κ3) is 3.23. The Balaban J connectivity index is 1.83. The van der Waals surface area contributed by atoms with E-state index in [-0.39, 0.29) is 17.9 Å². The van der Waals surface area contributed by atoms with Crippen molar-refractivity contribution in [2.24, 2.45) is 0 Å². The molecule has 0 spiro atoms. The average molecular weight is 314 g/mol. The summed E-state index contributed by atoms with van der Waals surface area (Å²) in [4.78, 5) is 27.5. The minimum Gasteiger partial charge on any atom is -0.336 e. The molecule has 23 heavy (non-hydrogen) atoms. The SMILES string of the molecule is Cc1ncc(C(=O)N2CCCC(n3cncn3)C2)c(C(C)C)n1. The van der Waals surface area contributed by atoms with Crippen LogP contribution in [0.25, 0.3) is 0 Å². The minimum atomic E-state index is 0.0125. The summed E-state index contributed by atoms with van der Waals surface area (Å²) in [5.74, 6) is 0.898. The summed E-state index contributed by atoms with van der Waals surface area (Å²) in [5.41, 5.74) is 1.44. The molecule has 0 radical (unpaired) electrons. The maximum Gasteiger partial charge on any atom is 0.257 e. The predicted molar refractivity (Wildman–Crippen MR) is 85.1 cm³/mol. The molecule has 0 aromatic carbocycles. The smallest absolute Gasteiger partial charge is 0.257 e. The number of rotatable bonds is 3. The lowest BCUT2D eigenvalue weighted by Crippen LogP contribution is -2.41. The number of carbonyl (C=O) groups is 1. The van der Waals surface area contributed by atoms with Crippen molar-refractivity contribution in [2.75, 3.05) is 13.1 Å². The zero-order valence-corrected chi connectivity index (χ0v) is 13.8. The number of likely N-dealkylation sites (tertiary alicyclic amines) is 1. The second-order valence-electron chi connectivity index (χ2n) is 6.29. The molecule has 0 N–H and O–H groups in total. The molecule has 1 aliphatic heterocycles. The Labute approximate surface area is 135 Å². The van der Waals surface area contributed by atoms with Crippen molar-refractivity contribution in [1.82, 2.24) is 29.6 Å². The summed E-state index contributed by atoms with van der Waals surface area (Å²) in [6.45, 7) is 7.35. The van der Waals surface area contributed by atoms with E-state index in [1.807, 2.05) is 30.4 Å². The van der Waals surface area contributed by atoms with Gasteiger partial charge in [-0.15, -0.1) is 0 Å². The molecular formula is C16H22N6O. The summed E-state index contributed by atoms with van der Waals surface area (Å²) in [5, 5.41) is 4.21. The van der Waals surface area contributed by atoms with E-state index in [9.17, 15) is 4.79 Å². The second kappa shape index (κ2) is 6.44. The summed E-state index contributed by atoms with van der Waals surface area (Å²) in [6.07, 6.45) is 6.88. The largest absolute Gasteiger partial charge is 0.336 e. The molecule has 2 aromatic rings. The van der Waals surface area contributed by atoms with Gasteiger partial charge in [0.05, 0.1) is 17.3 Å². The van der Waals surface area contributed by atoms with E-state index in [0.717, 1.165) is 25.1 Å². The van der Waals surface area contributed by atoms with Gasteiger partial charge in [-0.25, -0.2) is 19.6 Å². The number of nitrogens with zero attached hydrogens (tertiary/aromatic N) is 6. The first-order chi connectivity index (χ1) is 11.1. The number of hydrogen-bond donors (Lipinski definition) is 0. The van der Waals surface area contributed by atoms with Crippen molar-refractivity contribution in [1.29, 1.82) is 0 Å². The Bertz CT molecular complexity index is 682. The third-order valence-electron chi connectivity index (χ3n) is 4.21. The standard InChI is InChI=1S/C16H22N6O/c1-11(2)15-14(7-18-12(3)20-15)16(23)21-6-4-5-13(8-21)22-10-17-9-19-22/h7,9-11,13H,4-6,8H2,1-3H3. The minimum absolute atomic E-state index is 0.0125. The lowest BCUT2D eigenvalue weighted by Gasteiger charge is -2.33. The van der Waals surface area contributed by atoms with Crippen LogP contribution in [0.1, 0.15) is 60.5 Å². The monoisotopic (exact) mass is 314 g/mol. The van der Waals surface area contributed by atoms with Crippen LogP contribution in [0, 0.1) is 6.92 Å². The van der Waals surface area contributed by atoms with Gasteiger partial charge in [0, 0.05) is 19.3 Å². The van der Waals surface area contributed by atoms with E-state index in [0.29, 0.717) is 17.9 Å². The van der Waals surface area contributed by atoms with Gasteiger partial charge in [0.2, 0.25) is 0 Å². The van der Waals surface area contributed by atoms with Crippen LogP contribution in [-0.2, 0) is 0 Å². The quantitative estimate of drug-likeness (QED) is 0.865. The van der Waals surface area contributed by atoms with Crippen LogP contribution < -0.4 is 0 Å². The Morgan fingerprint density at radius 1 is 1.39 bits per heavy atom. The fourth-order valence-electron chi connectivity index (χ4n) is 3.02. The normalized spacial score (nSPS) is 18.4. The number of aryl methyl sites for hydroxylation is 1. The number of carbonyl (C=O) groups excluding carboxylic acids is 1. The first-order valence-electron chi connectivity index (χ1n) is 8.03. The molecule has 1 fully saturated rings. The fourth-order valence-corrected chi connectivity index (χ4v) is 3.02. The zero-order valence-electron chi connectivity index (χ0n) is 13.8. The summed E-state index contributed by atoms with van der Waals surface area (Å²) < 4.78 is 1.84. The first kappa shape index (κ1) is 15.6. The molecule has 1 unspecified atom stereocenters. The molecule has 0 saturated carbocycles. The lowest BCUT2D eigenvalue weighted by molar-refractivity contribution is 0.0670. The van der Waals surface area contributed by atoms with Crippen LogP contribution in [0.5, 0.6) is 0 Å². The van der Waals surface area contributed by atoms with E-state index in [1.54, 1.807) is 12.5 Å². The van der Waals surface area contributed by atoms with Crippen LogP contribution in [0.15, 0.2) is 18.9 Å². The highest BCUT2D eigenvalue weighted by atomic mass is 16.2. The summed E-state index contributed by atoms with van der Waals surface area (Å²) in [7, 11) is 0. The molecule has 1 amide bonds. The van der Waals surface area contributed by atoms with Gasteiger partial charge in [-0.05, 0) is 25.7 Å². The molecule has 1 atom stereocenters. The van der Waals surface area contributed by atoms with Crippen molar-refractivity contribution in [2.45, 2.75) is 45.6 Å². The lowest BCUT2D eigenvalue weighted by atomic mass is 10.0. The van der Waals surface area contributed by atoms with Crippen LogP contribution in [-0.4, -0.2) is 48.6 Å². The van der Waals surface area contributed by atoms with Crippen LogP contribution in [0.3, 0.4) is 0 Å². The van der Waals surface area contributed by atoms with Gasteiger partial charge in [-0.2, -0.15) is 5.10 Å². The number of amides is 1. The third-order valence-corrected chi connectivity index (χ3v) is 4.21. The topological polar surface area (TPSA) is 76.8 Å². The number of hydrogen-bond acceptors (Lipinski definition) is 5. The van der Waals surface area contributed by atoms with E-state index >= 15 is 0 Å². The van der Waals surface area contributed by atoms with E-state index in [4.69, 9.17) is 0 Å². The van der Waals surface area contributed by atoms with Crippen LogP contribution >= 0.6 is 0 Å². The van der Waals surface area contributed by atoms with Crippen molar-refractivity contribution in [3.05, 3.63) is 35.9 Å². The number of aromatic nitrogens is 5. The Hall–Kier alpha value is -2.31. The summed E-state index contributed by atoms with van der Waals surface area (Å²) >= 11 is 0. The molecule has 122 valence electrons. The highest BCUT2D eigenvalue weighted by Crippen LogP contribution is 2.24. The van der Waals surface area contributed by atoms with E-state index in [1.165, 1.54) is 6.33 Å². The van der Waals surface area contributed by atoms with Crippen molar-refractivity contribution < 1.29 is 4.79 Å². The molecule has 1 aliphatic rings. The number of piperidine rings is 1. The first-order valence-corrected chi connectivity index (χ1v) is 8.03. The van der Waals surface area contributed by atoms with Gasteiger partial charge in [-0.3, -0.25) is 4.79 Å². The molecule has 0 aliphatic carbocycles. The average Bonchev–Trinajstić information content (AvgIpc) is 3.09. The van der Waals surface area contributed by atoms with Gasteiger partial charge < -0.3 is 4.90 Å². The zero-order chi connectivity index (χ0) is 16.4. The van der Waals surface area contributed by atoms with Crippen LogP contribution in [0.4, 0.5) is 0 Å². The molecule has 3 heterocycles. The summed E-state index contributed by atoms with van der Waals surface area (Å²) in [6, 6.07) is 0.184. The van der Waals surface area contributed by atoms with Gasteiger partial charge in [-0.1, -0.05) is 13.8 Å². The van der Waals surface area contributed by atoms with E-state index in [2.05, 4.69) is 20.1 Å². The van der Waals surface area contributed by atoms with Crippen molar-refractivity contribution >= 4 is 5.91 Å². The highest BCUT2D eigenvalue weighted by Gasteiger charge is 2.28. The van der Waals surface area contributed by atoms with Crippen LogP contribution in [0.2, 0.25) is 0 Å². The predicted octanol–water partition coefficient (Wildman–Crippen LogP) is 1.98. The molecule has 2 aromatic heterocycles. The molecule has 7 nitrogen and oxygen atoms in total. The van der Waals surface area contributed by atoms with Gasteiger partial charge in [0.1, 0.15) is 18.5 Å². The van der Waals surface area contributed by atoms with Gasteiger partial charge >= 0.3 is 0 Å². The van der Waals surface area contributed by atoms with Crippen molar-refractivity contribution in [3.8, 4) is 0 Å². The highest BCUT2D eigenvalue weighted by molar-refractivity contribution is 5.95. The molecular weight excluding hydrogens is 292 g/mol. The molecule has 7 heteroatoms. The van der Waals surface area contributed by atoms with E-state index < -0.39 is 0 Å². The molecule has 3 rings (SSSR count). The Morgan fingerprint density at radius 2 is 2.22 bits per heavy atom. The van der Waals surface area contributed by atoms with Gasteiger partial charge in [0.25, 0.3) is 5.91 Å². The second-order valence-corrected chi connectivity index (χ2v) is 6.29. The molecule has 0 bridgehead atoms. The maximum atomic E-state index is 13.0. The van der Waals surface area contributed by atoms with Crippen molar-refractivity contribution in [3.63, 3.8) is 0 Å². The maximum absolute atomic E-state index is 13.0. The fraction of sp³-hybridized carbons (Fsp3) is 0.562. The Morgan fingerprint density at radius 3 is 2.91 bits per heavy atom. The molecule has 1 saturated heterocycles. The Kier molecular flexibility index (Phi) is 4.36.